The molecule has 9 heteroatoms. The summed E-state index contributed by atoms with van der Waals surface area (Å²) >= 11 is 0. The highest BCUT2D eigenvalue weighted by molar-refractivity contribution is 7.92. The number of carbonyl (C=O) groups excluding carboxylic acids is 1. The van der Waals surface area contributed by atoms with Gasteiger partial charge in [-0.05, 0) is 42.7 Å². The van der Waals surface area contributed by atoms with Crippen LogP contribution in [0.4, 0.5) is 18.9 Å². The predicted octanol–water partition coefficient (Wildman–Crippen LogP) is 3.03. The van der Waals surface area contributed by atoms with Crippen LogP contribution in [-0.4, -0.2) is 28.0 Å². The van der Waals surface area contributed by atoms with E-state index in [-0.39, 0.29) is 23.4 Å². The summed E-state index contributed by atoms with van der Waals surface area (Å²) in [7, 11) is -3.42. The molecular weight excluding hydrogens is 371 g/mol. The number of esters is 1. The van der Waals surface area contributed by atoms with E-state index in [0.717, 1.165) is 31.4 Å². The molecule has 0 radical (unpaired) electrons. The van der Waals surface area contributed by atoms with Gasteiger partial charge in [-0.25, -0.2) is 26.4 Å². The summed E-state index contributed by atoms with van der Waals surface area (Å²) in [5.41, 5.74) is -0.285. The van der Waals surface area contributed by atoms with Gasteiger partial charge in [-0.15, -0.1) is 0 Å². The molecule has 2 aromatic rings. The van der Waals surface area contributed by atoms with E-state index < -0.39 is 38.3 Å². The van der Waals surface area contributed by atoms with Crippen molar-refractivity contribution in [2.24, 2.45) is 0 Å². The van der Waals surface area contributed by atoms with Gasteiger partial charge in [0.2, 0.25) is 0 Å². The Labute approximate surface area is 148 Å². The van der Waals surface area contributed by atoms with Crippen molar-refractivity contribution in [3.05, 3.63) is 58.9 Å². The SMILES string of the molecule is COC(=O)c1ccc(F)c(S(=O)(=O)N2CCCc3cc(F)cc(F)c32)c1. The number of hydrogen-bond acceptors (Lipinski definition) is 4. The summed E-state index contributed by atoms with van der Waals surface area (Å²) in [6.45, 7) is -0.0974. The monoisotopic (exact) mass is 385 g/mol. The normalized spacial score (nSPS) is 14.1. The zero-order valence-corrected chi connectivity index (χ0v) is 14.4. The molecule has 1 aliphatic heterocycles. The largest absolute Gasteiger partial charge is 0.465 e. The minimum atomic E-state index is -4.52. The van der Waals surface area contributed by atoms with Gasteiger partial charge in [0, 0.05) is 12.6 Å². The van der Waals surface area contributed by atoms with E-state index in [9.17, 15) is 26.4 Å². The molecule has 138 valence electrons. The van der Waals surface area contributed by atoms with Crippen LogP contribution in [0.1, 0.15) is 22.3 Å². The summed E-state index contributed by atoms with van der Waals surface area (Å²) in [5.74, 6) is -3.80. The van der Waals surface area contributed by atoms with Gasteiger partial charge in [-0.3, -0.25) is 4.31 Å². The first-order chi connectivity index (χ1) is 12.3. The molecule has 0 N–H and O–H groups in total. The van der Waals surface area contributed by atoms with Crippen molar-refractivity contribution in [2.75, 3.05) is 18.0 Å². The average Bonchev–Trinajstić information content (AvgIpc) is 2.60. The van der Waals surface area contributed by atoms with Crippen LogP contribution in [0.5, 0.6) is 0 Å². The summed E-state index contributed by atoms with van der Waals surface area (Å²) in [5, 5.41) is 0. The zero-order valence-electron chi connectivity index (χ0n) is 13.6. The summed E-state index contributed by atoms with van der Waals surface area (Å²) < 4.78 is 73.0. The van der Waals surface area contributed by atoms with Crippen LogP contribution < -0.4 is 4.31 Å². The first-order valence-corrected chi connectivity index (χ1v) is 9.08. The van der Waals surface area contributed by atoms with Crippen molar-refractivity contribution >= 4 is 21.7 Å². The van der Waals surface area contributed by atoms with E-state index in [2.05, 4.69) is 4.74 Å². The lowest BCUT2D eigenvalue weighted by atomic mass is 10.0. The van der Waals surface area contributed by atoms with Crippen LogP contribution >= 0.6 is 0 Å². The van der Waals surface area contributed by atoms with Crippen molar-refractivity contribution < 1.29 is 31.1 Å². The maximum Gasteiger partial charge on any atom is 0.337 e. The Morgan fingerprint density at radius 3 is 2.54 bits per heavy atom. The van der Waals surface area contributed by atoms with Gasteiger partial charge in [-0.1, -0.05) is 0 Å². The first-order valence-electron chi connectivity index (χ1n) is 7.64. The van der Waals surface area contributed by atoms with Crippen molar-refractivity contribution in [3.63, 3.8) is 0 Å². The Kier molecular flexibility index (Phi) is 4.66. The highest BCUT2D eigenvalue weighted by atomic mass is 32.2. The van der Waals surface area contributed by atoms with E-state index in [4.69, 9.17) is 0 Å². The number of carbonyl (C=O) groups is 1. The molecule has 0 aromatic heterocycles. The molecule has 0 saturated carbocycles. The second kappa shape index (κ2) is 6.64. The van der Waals surface area contributed by atoms with Gasteiger partial charge < -0.3 is 4.74 Å². The quantitative estimate of drug-likeness (QED) is 0.762. The lowest BCUT2D eigenvalue weighted by molar-refractivity contribution is 0.0600. The fourth-order valence-corrected chi connectivity index (χ4v) is 4.56. The summed E-state index contributed by atoms with van der Waals surface area (Å²) in [4.78, 5) is 10.8. The van der Waals surface area contributed by atoms with Crippen LogP contribution in [0.25, 0.3) is 0 Å². The molecule has 1 aliphatic rings. The van der Waals surface area contributed by atoms with E-state index in [1.54, 1.807) is 0 Å². The van der Waals surface area contributed by atoms with Crippen LogP contribution in [-0.2, 0) is 21.2 Å². The van der Waals surface area contributed by atoms with Gasteiger partial charge >= 0.3 is 5.97 Å². The molecule has 0 spiro atoms. The molecule has 0 atom stereocenters. The molecule has 5 nitrogen and oxygen atoms in total. The first kappa shape index (κ1) is 18.2. The highest BCUT2D eigenvalue weighted by Gasteiger charge is 2.34. The van der Waals surface area contributed by atoms with Gasteiger partial charge in [-0.2, -0.15) is 0 Å². The third-order valence-corrected chi connectivity index (χ3v) is 5.90. The number of aryl methyl sites for hydroxylation is 1. The topological polar surface area (TPSA) is 63.7 Å². The lowest BCUT2D eigenvalue weighted by Crippen LogP contribution is -2.37. The second-order valence-corrected chi connectivity index (χ2v) is 7.54. The number of fused-ring (bicyclic) bond motifs is 1. The number of anilines is 1. The molecule has 2 aromatic carbocycles. The number of nitrogens with zero attached hydrogens (tertiary/aromatic N) is 1. The molecule has 0 unspecified atom stereocenters. The molecule has 1 heterocycles. The zero-order chi connectivity index (χ0) is 19.1. The second-order valence-electron chi connectivity index (χ2n) is 5.71. The number of hydrogen-bond donors (Lipinski definition) is 0. The Morgan fingerprint density at radius 1 is 1.12 bits per heavy atom. The molecular formula is C17H14F3NO4S. The van der Waals surface area contributed by atoms with Crippen molar-refractivity contribution in [3.8, 4) is 0 Å². The minimum absolute atomic E-state index is 0.0974. The Bertz CT molecular complexity index is 992. The standard InChI is InChI=1S/C17H14F3NO4S/c1-25-17(22)11-4-5-13(19)15(8-11)26(23,24)21-6-2-3-10-7-12(18)9-14(20)16(10)21/h4-5,7-9H,2-3,6H2,1H3. The van der Waals surface area contributed by atoms with Crippen molar-refractivity contribution in [2.45, 2.75) is 17.7 Å². The average molecular weight is 385 g/mol. The van der Waals surface area contributed by atoms with Crippen LogP contribution in [0.2, 0.25) is 0 Å². The fourth-order valence-electron chi connectivity index (χ4n) is 2.92. The Balaban J connectivity index is 2.16. The van der Waals surface area contributed by atoms with Crippen molar-refractivity contribution in [1.82, 2.24) is 0 Å². The Hall–Kier alpha value is -2.55. The van der Waals surface area contributed by atoms with Crippen LogP contribution in [0, 0.1) is 17.5 Å². The van der Waals surface area contributed by atoms with Gasteiger partial charge in [0.05, 0.1) is 18.4 Å². The lowest BCUT2D eigenvalue weighted by Gasteiger charge is -2.31. The number of methoxy groups -OCH3 is 1. The summed E-state index contributed by atoms with van der Waals surface area (Å²) in [6, 6.07) is 4.38. The molecule has 0 bridgehead atoms. The smallest absolute Gasteiger partial charge is 0.337 e. The number of rotatable bonds is 3. The Morgan fingerprint density at radius 2 is 1.85 bits per heavy atom. The maximum atomic E-state index is 14.3. The van der Waals surface area contributed by atoms with E-state index in [0.29, 0.717) is 23.2 Å². The third kappa shape index (κ3) is 3.03. The number of ether oxygens (including phenoxy) is 1. The number of halogens is 3. The molecule has 0 saturated heterocycles. The molecule has 0 fully saturated rings. The number of benzene rings is 2. The molecule has 0 amide bonds. The fraction of sp³-hybridized carbons (Fsp3) is 0.235. The van der Waals surface area contributed by atoms with E-state index in [1.807, 2.05) is 0 Å². The van der Waals surface area contributed by atoms with Crippen LogP contribution in [0.3, 0.4) is 0 Å². The highest BCUT2D eigenvalue weighted by Crippen LogP contribution is 2.35. The minimum Gasteiger partial charge on any atom is -0.465 e. The predicted molar refractivity (Wildman–Crippen MR) is 87.0 cm³/mol. The van der Waals surface area contributed by atoms with Crippen LogP contribution in [0.15, 0.2) is 35.2 Å². The molecule has 26 heavy (non-hydrogen) atoms. The van der Waals surface area contributed by atoms with Crippen molar-refractivity contribution in [1.29, 1.82) is 0 Å². The molecule has 3 rings (SSSR count). The maximum absolute atomic E-state index is 14.3. The summed E-state index contributed by atoms with van der Waals surface area (Å²) in [6.07, 6.45) is 0.605. The number of sulfonamides is 1. The third-order valence-electron chi connectivity index (χ3n) is 4.08. The van der Waals surface area contributed by atoms with Gasteiger partial charge in [0.1, 0.15) is 16.5 Å². The van der Waals surface area contributed by atoms with Gasteiger partial charge in [0.25, 0.3) is 10.0 Å². The van der Waals surface area contributed by atoms with E-state index in [1.165, 1.54) is 0 Å². The molecule has 0 aliphatic carbocycles. The van der Waals surface area contributed by atoms with E-state index >= 15 is 0 Å². The van der Waals surface area contributed by atoms with Gasteiger partial charge in [0.15, 0.2) is 5.82 Å².